The van der Waals surface area contributed by atoms with Crippen LogP contribution in [-0.4, -0.2) is 15.6 Å². The van der Waals surface area contributed by atoms with Crippen molar-refractivity contribution >= 4 is 21.9 Å². The number of carbonyl (C=O) groups is 1. The predicted molar refractivity (Wildman–Crippen MR) is 57.0 cm³/mol. The molecule has 0 unspecified atom stereocenters. The van der Waals surface area contributed by atoms with Gasteiger partial charge in [-0.05, 0) is 54.0 Å². The summed E-state index contributed by atoms with van der Waals surface area (Å²) in [4.78, 5) is 10.5. The fourth-order valence-electron chi connectivity index (χ4n) is 0.946. The monoisotopic (exact) mass is 258 g/mol. The third kappa shape index (κ3) is 3.38. The molecule has 3 nitrogen and oxygen atoms in total. The van der Waals surface area contributed by atoms with Gasteiger partial charge in [0, 0.05) is 0 Å². The summed E-state index contributed by atoms with van der Waals surface area (Å²) in [5.74, 6) is -0.300. The summed E-state index contributed by atoms with van der Waals surface area (Å²) in [6, 6.07) is 6.28. The van der Waals surface area contributed by atoms with E-state index in [0.29, 0.717) is 5.75 Å². The molecule has 1 aromatic rings. The highest BCUT2D eigenvalue weighted by Crippen LogP contribution is 2.23. The van der Waals surface area contributed by atoms with Crippen molar-refractivity contribution in [1.29, 1.82) is 0 Å². The van der Waals surface area contributed by atoms with Crippen LogP contribution in [0.3, 0.4) is 0 Å². The molecule has 0 aromatic heterocycles. The minimum Gasteiger partial charge on any atom is -0.478 e. The van der Waals surface area contributed by atoms with Crippen LogP contribution in [0.25, 0.3) is 0 Å². The largest absolute Gasteiger partial charge is 0.478 e. The van der Waals surface area contributed by atoms with Gasteiger partial charge >= 0.3 is 5.97 Å². The molecular formula is C10H11BrO3. The molecule has 0 radical (unpaired) electrons. The first kappa shape index (κ1) is 11.0. The lowest BCUT2D eigenvalue weighted by molar-refractivity contribution is 0.0697. The summed E-state index contributed by atoms with van der Waals surface area (Å²) < 4.78 is 5.01. The van der Waals surface area contributed by atoms with Crippen LogP contribution in [0.5, 0.6) is 5.75 Å². The molecular weight excluding hydrogens is 248 g/mol. The van der Waals surface area contributed by atoms with Crippen molar-refractivity contribution in [1.82, 2.24) is 0 Å². The second-order valence-corrected chi connectivity index (χ2v) is 5.20. The Kier molecular flexibility index (Phi) is 3.16. The fourth-order valence-corrected chi connectivity index (χ4v) is 1.13. The topological polar surface area (TPSA) is 46.5 Å². The molecule has 0 atom stereocenters. The Hall–Kier alpha value is -1.03. The Bertz CT molecular complexity index is 324. The second kappa shape index (κ2) is 4.00. The highest BCUT2D eigenvalue weighted by atomic mass is 79.9. The molecule has 0 aliphatic carbocycles. The molecule has 1 rings (SSSR count). The highest BCUT2D eigenvalue weighted by molar-refractivity contribution is 9.10. The van der Waals surface area contributed by atoms with Crippen molar-refractivity contribution < 1.29 is 14.6 Å². The van der Waals surface area contributed by atoms with E-state index in [2.05, 4.69) is 15.9 Å². The summed E-state index contributed by atoms with van der Waals surface area (Å²) in [5.41, 5.74) is 0.254. The van der Waals surface area contributed by atoms with Gasteiger partial charge in [0.2, 0.25) is 0 Å². The lowest BCUT2D eigenvalue weighted by Crippen LogP contribution is -2.18. The molecule has 0 fully saturated rings. The van der Waals surface area contributed by atoms with E-state index in [1.54, 1.807) is 12.1 Å². The molecule has 0 saturated carbocycles. The first-order valence-electron chi connectivity index (χ1n) is 4.10. The molecule has 0 heterocycles. The number of aromatic carboxylic acids is 1. The third-order valence-corrected chi connectivity index (χ3v) is 1.62. The molecule has 14 heavy (non-hydrogen) atoms. The Morgan fingerprint density at radius 2 is 1.86 bits per heavy atom. The van der Waals surface area contributed by atoms with Gasteiger partial charge < -0.3 is 9.84 Å². The molecule has 76 valence electrons. The van der Waals surface area contributed by atoms with Gasteiger partial charge in [-0.2, -0.15) is 0 Å². The number of hydrogen-bond donors (Lipinski definition) is 1. The lowest BCUT2D eigenvalue weighted by Gasteiger charge is -2.18. The average molecular weight is 259 g/mol. The number of hydrogen-bond acceptors (Lipinski definition) is 2. The Labute approximate surface area is 90.8 Å². The molecule has 4 heteroatoms. The van der Waals surface area contributed by atoms with Crippen molar-refractivity contribution in [2.45, 2.75) is 18.4 Å². The van der Waals surface area contributed by atoms with Crippen LogP contribution >= 0.6 is 15.9 Å². The van der Waals surface area contributed by atoms with Gasteiger partial charge in [0.1, 0.15) is 5.75 Å². The van der Waals surface area contributed by atoms with Crippen molar-refractivity contribution in [3.8, 4) is 5.75 Å². The van der Waals surface area contributed by atoms with Crippen molar-refractivity contribution in [3.05, 3.63) is 29.8 Å². The first-order valence-corrected chi connectivity index (χ1v) is 4.89. The van der Waals surface area contributed by atoms with Crippen molar-refractivity contribution in [2.75, 3.05) is 0 Å². The van der Waals surface area contributed by atoms with Crippen LogP contribution in [0, 0.1) is 0 Å². The maximum absolute atomic E-state index is 10.5. The minimum absolute atomic E-state index is 0.254. The maximum Gasteiger partial charge on any atom is 0.335 e. The van der Waals surface area contributed by atoms with Crippen LogP contribution in [0.4, 0.5) is 0 Å². The summed E-state index contributed by atoms with van der Waals surface area (Å²) in [6.07, 6.45) is 0. The summed E-state index contributed by atoms with van der Waals surface area (Å²) >= 11 is 3.32. The lowest BCUT2D eigenvalue weighted by atomic mass is 10.2. The van der Waals surface area contributed by atoms with E-state index in [0.717, 1.165) is 0 Å². The smallest absolute Gasteiger partial charge is 0.335 e. The van der Waals surface area contributed by atoms with Gasteiger partial charge in [-0.1, -0.05) is 0 Å². The van der Waals surface area contributed by atoms with Crippen LogP contribution in [0.1, 0.15) is 24.2 Å². The van der Waals surface area contributed by atoms with Crippen LogP contribution in [-0.2, 0) is 0 Å². The molecule has 0 aliphatic heterocycles. The van der Waals surface area contributed by atoms with Crippen molar-refractivity contribution in [3.63, 3.8) is 0 Å². The number of halogens is 1. The van der Waals surface area contributed by atoms with Gasteiger partial charge in [-0.25, -0.2) is 4.79 Å². The Balaban J connectivity index is 2.79. The Morgan fingerprint density at radius 3 is 2.21 bits per heavy atom. The predicted octanol–water partition coefficient (Wildman–Crippen LogP) is 2.89. The van der Waals surface area contributed by atoms with Crippen LogP contribution in [0.2, 0.25) is 0 Å². The number of carboxylic acids is 1. The zero-order chi connectivity index (χ0) is 10.8. The highest BCUT2D eigenvalue weighted by Gasteiger charge is 2.14. The van der Waals surface area contributed by atoms with E-state index in [9.17, 15) is 4.79 Å². The second-order valence-electron chi connectivity index (χ2n) is 3.29. The SMILES string of the molecule is CC(C)(Br)Oc1ccc(C(=O)O)cc1. The van der Waals surface area contributed by atoms with Crippen molar-refractivity contribution in [2.24, 2.45) is 0 Å². The van der Waals surface area contributed by atoms with E-state index in [-0.39, 0.29) is 5.56 Å². The van der Waals surface area contributed by atoms with E-state index in [4.69, 9.17) is 9.84 Å². The molecule has 0 aliphatic rings. The zero-order valence-electron chi connectivity index (χ0n) is 7.95. The van der Waals surface area contributed by atoms with Gasteiger partial charge in [0.25, 0.3) is 0 Å². The van der Waals surface area contributed by atoms with Crippen LogP contribution in [0.15, 0.2) is 24.3 Å². The van der Waals surface area contributed by atoms with Gasteiger partial charge in [0.15, 0.2) is 4.51 Å². The number of rotatable bonds is 3. The van der Waals surface area contributed by atoms with Gasteiger partial charge in [0.05, 0.1) is 5.56 Å². The zero-order valence-corrected chi connectivity index (χ0v) is 9.54. The summed E-state index contributed by atoms with van der Waals surface area (Å²) in [6.45, 7) is 3.72. The third-order valence-electron chi connectivity index (χ3n) is 1.46. The molecule has 0 saturated heterocycles. The van der Waals surface area contributed by atoms with E-state index in [1.165, 1.54) is 12.1 Å². The Morgan fingerprint density at radius 1 is 1.36 bits per heavy atom. The van der Waals surface area contributed by atoms with E-state index >= 15 is 0 Å². The molecule has 1 aromatic carbocycles. The molecule has 1 N–H and O–H groups in total. The number of carboxylic acid groups (broad SMARTS) is 1. The standard InChI is InChI=1S/C10H11BrO3/c1-10(2,11)14-8-5-3-7(4-6-8)9(12)13/h3-6H,1-2H3,(H,12,13). The molecule has 0 amide bonds. The molecule has 0 bridgehead atoms. The first-order chi connectivity index (χ1) is 6.38. The minimum atomic E-state index is -0.936. The number of ether oxygens (including phenoxy) is 1. The number of alkyl halides is 1. The van der Waals surface area contributed by atoms with E-state index < -0.39 is 10.5 Å². The summed E-state index contributed by atoms with van der Waals surface area (Å²) in [7, 11) is 0. The van der Waals surface area contributed by atoms with Gasteiger partial charge in [-0.3, -0.25) is 0 Å². The molecule has 0 spiro atoms. The van der Waals surface area contributed by atoms with E-state index in [1.807, 2.05) is 13.8 Å². The quantitative estimate of drug-likeness (QED) is 0.849. The fraction of sp³-hybridized carbons (Fsp3) is 0.300. The normalized spacial score (nSPS) is 11.1. The number of benzene rings is 1. The van der Waals surface area contributed by atoms with Crippen LogP contribution < -0.4 is 4.74 Å². The average Bonchev–Trinajstić information content (AvgIpc) is 2.02. The van der Waals surface area contributed by atoms with Gasteiger partial charge in [-0.15, -0.1) is 0 Å². The maximum atomic E-state index is 10.5. The summed E-state index contributed by atoms with van der Waals surface area (Å²) in [5, 5.41) is 8.66.